The molecule has 0 fully saturated rings. The lowest BCUT2D eigenvalue weighted by molar-refractivity contribution is 0.127. The van der Waals surface area contributed by atoms with Crippen LogP contribution in [0, 0.1) is 5.41 Å². The molecule has 104 valence electrons. The maximum atomic E-state index is 9.61. The molecule has 0 spiro atoms. The highest BCUT2D eigenvalue weighted by Crippen LogP contribution is 2.34. The van der Waals surface area contributed by atoms with Crippen molar-refractivity contribution in [3.8, 4) is 0 Å². The van der Waals surface area contributed by atoms with Crippen LogP contribution in [0.4, 0.5) is 5.69 Å². The number of thiazole rings is 1. The van der Waals surface area contributed by atoms with Gasteiger partial charge in [-0.25, -0.2) is 4.98 Å². The van der Waals surface area contributed by atoms with Crippen molar-refractivity contribution in [1.82, 2.24) is 4.98 Å². The topological polar surface area (TPSA) is 45.1 Å². The van der Waals surface area contributed by atoms with Crippen LogP contribution in [-0.2, 0) is 0 Å². The second-order valence-corrected chi connectivity index (χ2v) is 6.13. The predicted octanol–water partition coefficient (Wildman–Crippen LogP) is 4.16. The summed E-state index contributed by atoms with van der Waals surface area (Å²) >= 11 is 7.86. The van der Waals surface area contributed by atoms with Crippen LogP contribution in [0.25, 0.3) is 10.2 Å². The van der Waals surface area contributed by atoms with Crippen LogP contribution >= 0.6 is 22.9 Å². The average molecular weight is 299 g/mol. The lowest BCUT2D eigenvalue weighted by Crippen LogP contribution is -2.32. The number of benzene rings is 1. The summed E-state index contributed by atoms with van der Waals surface area (Å²) in [6.07, 6.45) is 1.86. The number of aromatic nitrogens is 1. The first-order valence-electron chi connectivity index (χ1n) is 6.52. The Bertz CT molecular complexity index is 543. The molecule has 1 aromatic carbocycles. The molecule has 0 saturated heterocycles. The zero-order chi connectivity index (χ0) is 13.9. The summed E-state index contributed by atoms with van der Waals surface area (Å²) in [5, 5.41) is 13.7. The first-order chi connectivity index (χ1) is 9.15. The van der Waals surface area contributed by atoms with Gasteiger partial charge >= 0.3 is 0 Å². The molecule has 0 aliphatic rings. The largest absolute Gasteiger partial charge is 0.396 e. The van der Waals surface area contributed by atoms with Gasteiger partial charge in [-0.1, -0.05) is 25.4 Å². The van der Waals surface area contributed by atoms with Gasteiger partial charge in [0.05, 0.1) is 27.5 Å². The molecule has 1 heterocycles. The van der Waals surface area contributed by atoms with Gasteiger partial charge in [-0.2, -0.15) is 0 Å². The normalized spacial score (nSPS) is 12.0. The third kappa shape index (κ3) is 2.86. The fourth-order valence-corrected chi connectivity index (χ4v) is 3.03. The van der Waals surface area contributed by atoms with Crippen LogP contribution in [0.5, 0.6) is 0 Å². The molecule has 0 atom stereocenters. The van der Waals surface area contributed by atoms with E-state index in [1.807, 2.05) is 17.6 Å². The second-order valence-electron chi connectivity index (χ2n) is 4.84. The van der Waals surface area contributed by atoms with Gasteiger partial charge in [0.2, 0.25) is 0 Å². The molecule has 0 saturated carbocycles. The van der Waals surface area contributed by atoms with Gasteiger partial charge in [0, 0.05) is 12.0 Å². The number of fused-ring (bicyclic) bond motifs is 1. The van der Waals surface area contributed by atoms with Crippen molar-refractivity contribution >= 4 is 38.8 Å². The summed E-state index contributed by atoms with van der Waals surface area (Å²) in [6.45, 7) is 5.09. The molecule has 19 heavy (non-hydrogen) atoms. The zero-order valence-electron chi connectivity index (χ0n) is 11.2. The summed E-state index contributed by atoms with van der Waals surface area (Å²) in [6, 6.07) is 3.88. The highest BCUT2D eigenvalue weighted by atomic mass is 35.5. The first-order valence-corrected chi connectivity index (χ1v) is 7.78. The van der Waals surface area contributed by atoms with Crippen LogP contribution in [0.2, 0.25) is 5.02 Å². The minimum absolute atomic E-state index is 0.0957. The lowest BCUT2D eigenvalue weighted by atomic mass is 9.83. The molecule has 0 amide bonds. The van der Waals surface area contributed by atoms with E-state index in [9.17, 15) is 5.11 Å². The lowest BCUT2D eigenvalue weighted by Gasteiger charge is -2.30. The maximum Gasteiger partial charge on any atom is 0.106 e. The summed E-state index contributed by atoms with van der Waals surface area (Å²) in [5.41, 5.74) is 3.52. The first kappa shape index (κ1) is 14.6. The van der Waals surface area contributed by atoms with Crippen LogP contribution in [0.3, 0.4) is 0 Å². The molecular weight excluding hydrogens is 280 g/mol. The van der Waals surface area contributed by atoms with Gasteiger partial charge in [0.1, 0.15) is 5.52 Å². The van der Waals surface area contributed by atoms with E-state index in [1.54, 1.807) is 11.3 Å². The van der Waals surface area contributed by atoms with Crippen LogP contribution < -0.4 is 5.32 Å². The minimum Gasteiger partial charge on any atom is -0.396 e. The van der Waals surface area contributed by atoms with Gasteiger partial charge in [-0.15, -0.1) is 11.3 Å². The van der Waals surface area contributed by atoms with E-state index in [0.717, 1.165) is 28.7 Å². The van der Waals surface area contributed by atoms with E-state index in [0.29, 0.717) is 11.6 Å². The van der Waals surface area contributed by atoms with E-state index in [1.165, 1.54) is 0 Å². The molecule has 2 rings (SSSR count). The smallest absolute Gasteiger partial charge is 0.106 e. The summed E-state index contributed by atoms with van der Waals surface area (Å²) < 4.78 is 1.12. The minimum atomic E-state index is -0.0957. The van der Waals surface area contributed by atoms with Crippen molar-refractivity contribution in [2.75, 3.05) is 18.5 Å². The summed E-state index contributed by atoms with van der Waals surface area (Å²) in [7, 11) is 0. The number of hydrogen-bond donors (Lipinski definition) is 2. The Labute approximate surface area is 122 Å². The third-order valence-electron chi connectivity index (χ3n) is 3.93. The fraction of sp³-hybridized carbons (Fsp3) is 0.500. The standard InChI is InChI=1S/C14H19ClN2OS/c1-3-14(4-2,8-18)7-16-12-10(15)5-6-11-13(12)17-9-19-11/h5-6,9,16,18H,3-4,7-8H2,1-2H3. The molecule has 0 unspecified atom stereocenters. The van der Waals surface area contributed by atoms with Gasteiger partial charge in [0.15, 0.2) is 0 Å². The molecule has 0 aliphatic heterocycles. The van der Waals surface area contributed by atoms with Gasteiger partial charge in [0.25, 0.3) is 0 Å². The molecule has 1 aromatic heterocycles. The van der Waals surface area contributed by atoms with Gasteiger partial charge < -0.3 is 10.4 Å². The molecular formula is C14H19ClN2OS. The number of aliphatic hydroxyl groups is 1. The number of nitrogens with one attached hydrogen (secondary N) is 1. The van der Waals surface area contributed by atoms with Crippen molar-refractivity contribution in [2.24, 2.45) is 5.41 Å². The van der Waals surface area contributed by atoms with Crippen LogP contribution in [-0.4, -0.2) is 23.2 Å². The SMILES string of the molecule is CCC(CC)(CO)CNc1c(Cl)ccc2scnc12. The molecule has 0 aliphatic carbocycles. The van der Waals surface area contributed by atoms with Gasteiger partial charge in [-0.05, 0) is 25.0 Å². The van der Waals surface area contributed by atoms with Crippen molar-refractivity contribution in [3.05, 3.63) is 22.7 Å². The molecule has 0 bridgehead atoms. The number of nitrogens with zero attached hydrogens (tertiary/aromatic N) is 1. The van der Waals surface area contributed by atoms with Crippen molar-refractivity contribution < 1.29 is 5.11 Å². The number of anilines is 1. The highest BCUT2D eigenvalue weighted by molar-refractivity contribution is 7.16. The van der Waals surface area contributed by atoms with Crippen molar-refractivity contribution in [3.63, 3.8) is 0 Å². The van der Waals surface area contributed by atoms with Crippen molar-refractivity contribution in [2.45, 2.75) is 26.7 Å². The van der Waals surface area contributed by atoms with E-state index in [2.05, 4.69) is 24.1 Å². The van der Waals surface area contributed by atoms with E-state index < -0.39 is 0 Å². The van der Waals surface area contributed by atoms with E-state index >= 15 is 0 Å². The Morgan fingerprint density at radius 1 is 1.37 bits per heavy atom. The van der Waals surface area contributed by atoms with Crippen LogP contribution in [0.1, 0.15) is 26.7 Å². The zero-order valence-corrected chi connectivity index (χ0v) is 12.8. The van der Waals surface area contributed by atoms with Crippen LogP contribution in [0.15, 0.2) is 17.6 Å². The van der Waals surface area contributed by atoms with Crippen molar-refractivity contribution in [1.29, 1.82) is 0 Å². The summed E-state index contributed by atoms with van der Waals surface area (Å²) in [4.78, 5) is 4.37. The maximum absolute atomic E-state index is 9.61. The van der Waals surface area contributed by atoms with Gasteiger partial charge in [-0.3, -0.25) is 0 Å². The Morgan fingerprint density at radius 3 is 2.74 bits per heavy atom. The fourth-order valence-electron chi connectivity index (χ4n) is 2.13. The molecule has 2 aromatic rings. The molecule has 5 heteroatoms. The Hall–Kier alpha value is -0.840. The number of aliphatic hydroxyl groups excluding tert-OH is 1. The number of hydrogen-bond acceptors (Lipinski definition) is 4. The Kier molecular flexibility index (Phi) is 4.66. The molecule has 3 nitrogen and oxygen atoms in total. The monoisotopic (exact) mass is 298 g/mol. The third-order valence-corrected chi connectivity index (χ3v) is 5.04. The number of rotatable bonds is 6. The molecule has 0 radical (unpaired) electrons. The quantitative estimate of drug-likeness (QED) is 0.841. The second kappa shape index (κ2) is 6.07. The van der Waals surface area contributed by atoms with E-state index in [4.69, 9.17) is 11.6 Å². The predicted molar refractivity (Wildman–Crippen MR) is 83.2 cm³/mol. The summed E-state index contributed by atoms with van der Waals surface area (Å²) in [5.74, 6) is 0. The molecule has 2 N–H and O–H groups in total. The van der Waals surface area contributed by atoms with E-state index in [-0.39, 0.29) is 12.0 Å². The number of halogens is 1. The average Bonchev–Trinajstić information content (AvgIpc) is 2.91. The highest BCUT2D eigenvalue weighted by Gasteiger charge is 2.25. The Balaban J connectivity index is 2.26. The Morgan fingerprint density at radius 2 is 2.11 bits per heavy atom.